The number of carbonyl (C=O) groups excluding carboxylic acids is 2. The molecule has 0 amide bonds. The Labute approximate surface area is 125 Å². The van der Waals surface area contributed by atoms with Crippen molar-refractivity contribution in [2.24, 2.45) is 5.92 Å². The molecule has 0 saturated heterocycles. The molecule has 1 aliphatic rings. The molecule has 0 unspecified atom stereocenters. The van der Waals surface area contributed by atoms with Crippen LogP contribution in [0.25, 0.3) is 0 Å². The lowest BCUT2D eigenvalue weighted by Gasteiger charge is -2.25. The van der Waals surface area contributed by atoms with E-state index in [1.807, 2.05) is 0 Å². The predicted molar refractivity (Wildman–Crippen MR) is 76.0 cm³/mol. The quantitative estimate of drug-likeness (QED) is 0.636. The number of esters is 2. The van der Waals surface area contributed by atoms with Crippen LogP contribution in [0.3, 0.4) is 0 Å². The van der Waals surface area contributed by atoms with Crippen LogP contribution in [-0.2, 0) is 29.1 Å². The topological polar surface area (TPSA) is 90.0 Å². The van der Waals surface area contributed by atoms with Crippen molar-refractivity contribution in [3.05, 3.63) is 0 Å². The molecule has 0 bridgehead atoms. The van der Waals surface area contributed by atoms with Gasteiger partial charge in [0.25, 0.3) is 0 Å². The Hall–Kier alpha value is -1.15. The van der Waals surface area contributed by atoms with E-state index in [0.717, 1.165) is 36.4 Å². The van der Waals surface area contributed by atoms with Crippen LogP contribution in [0.5, 0.6) is 0 Å². The fourth-order valence-electron chi connectivity index (χ4n) is 2.43. The Morgan fingerprint density at radius 1 is 1.00 bits per heavy atom. The standard InChI is InChI=1S/C13H23NO6S/c1-19-12(15)8-14(9-13(16)20-2)21(17,18)10-11-6-4-3-5-7-11/h11H,3-10H2,1-2H3. The number of carbonyl (C=O) groups is 2. The molecule has 21 heavy (non-hydrogen) atoms. The highest BCUT2D eigenvalue weighted by atomic mass is 32.2. The van der Waals surface area contributed by atoms with Crippen LogP contribution in [0.15, 0.2) is 0 Å². The van der Waals surface area contributed by atoms with Crippen molar-refractivity contribution in [2.45, 2.75) is 32.1 Å². The lowest BCUT2D eigenvalue weighted by Crippen LogP contribution is -2.42. The number of ether oxygens (including phenoxy) is 2. The minimum absolute atomic E-state index is 0.0407. The summed E-state index contributed by atoms with van der Waals surface area (Å²) in [5.74, 6) is -1.36. The second-order valence-corrected chi connectivity index (χ2v) is 7.22. The second kappa shape index (κ2) is 8.33. The van der Waals surface area contributed by atoms with E-state index in [1.54, 1.807) is 0 Å². The average molecular weight is 321 g/mol. The van der Waals surface area contributed by atoms with Crippen LogP contribution in [0.1, 0.15) is 32.1 Å². The Balaban J connectivity index is 2.77. The number of hydrogen-bond donors (Lipinski definition) is 0. The van der Waals surface area contributed by atoms with Crippen molar-refractivity contribution in [2.75, 3.05) is 33.1 Å². The third-order valence-corrected chi connectivity index (χ3v) is 5.57. The minimum Gasteiger partial charge on any atom is -0.468 e. The van der Waals surface area contributed by atoms with Crippen LogP contribution in [-0.4, -0.2) is 57.7 Å². The fraction of sp³-hybridized carbons (Fsp3) is 0.846. The molecular weight excluding hydrogens is 298 g/mol. The van der Waals surface area contributed by atoms with Gasteiger partial charge in [-0.1, -0.05) is 19.3 Å². The van der Waals surface area contributed by atoms with Crippen molar-refractivity contribution in [1.29, 1.82) is 0 Å². The number of hydrogen-bond acceptors (Lipinski definition) is 6. The first-order valence-corrected chi connectivity index (χ1v) is 8.61. The molecule has 7 nitrogen and oxygen atoms in total. The summed E-state index contributed by atoms with van der Waals surface area (Å²) < 4.78 is 34.6. The molecule has 1 fully saturated rings. The van der Waals surface area contributed by atoms with Crippen LogP contribution < -0.4 is 0 Å². The Kier molecular flexibility index (Phi) is 7.10. The van der Waals surface area contributed by atoms with Gasteiger partial charge < -0.3 is 9.47 Å². The maximum atomic E-state index is 12.4. The van der Waals surface area contributed by atoms with Gasteiger partial charge >= 0.3 is 11.9 Å². The summed E-state index contributed by atoms with van der Waals surface area (Å²) in [6.07, 6.45) is 4.90. The van der Waals surface area contributed by atoms with Gasteiger partial charge in [-0.05, 0) is 18.8 Å². The Bertz CT molecular complexity index is 437. The molecule has 1 aliphatic carbocycles. The summed E-state index contributed by atoms with van der Waals surface area (Å²) in [6, 6.07) is 0. The molecule has 1 saturated carbocycles. The summed E-state index contributed by atoms with van der Waals surface area (Å²) >= 11 is 0. The van der Waals surface area contributed by atoms with Crippen LogP contribution in [0, 0.1) is 5.92 Å². The molecular formula is C13H23NO6S. The van der Waals surface area contributed by atoms with Gasteiger partial charge in [-0.15, -0.1) is 0 Å². The summed E-state index contributed by atoms with van der Waals surface area (Å²) in [7, 11) is -1.35. The third kappa shape index (κ3) is 6.01. The summed E-state index contributed by atoms with van der Waals surface area (Å²) in [4.78, 5) is 22.7. The molecule has 0 heterocycles. The molecule has 0 aromatic heterocycles. The SMILES string of the molecule is COC(=O)CN(CC(=O)OC)S(=O)(=O)CC1CCCCC1. The van der Waals surface area contributed by atoms with Crippen LogP contribution in [0.2, 0.25) is 0 Å². The predicted octanol–water partition coefficient (Wildman–Crippen LogP) is 0.544. The molecule has 0 aromatic rings. The molecule has 0 N–H and O–H groups in total. The van der Waals surface area contributed by atoms with E-state index < -0.39 is 35.1 Å². The number of nitrogens with zero attached hydrogens (tertiary/aromatic N) is 1. The second-order valence-electron chi connectivity index (χ2n) is 5.20. The van der Waals surface area contributed by atoms with E-state index >= 15 is 0 Å². The Morgan fingerprint density at radius 2 is 1.48 bits per heavy atom. The highest BCUT2D eigenvalue weighted by molar-refractivity contribution is 7.89. The molecule has 0 atom stereocenters. The van der Waals surface area contributed by atoms with Crippen LogP contribution >= 0.6 is 0 Å². The average Bonchev–Trinajstić information content (AvgIpc) is 2.46. The normalized spacial score (nSPS) is 16.7. The van der Waals surface area contributed by atoms with Crippen molar-refractivity contribution in [3.63, 3.8) is 0 Å². The lowest BCUT2D eigenvalue weighted by molar-refractivity contribution is -0.143. The van der Waals surface area contributed by atoms with Crippen LogP contribution in [0.4, 0.5) is 0 Å². The van der Waals surface area contributed by atoms with E-state index in [0.29, 0.717) is 0 Å². The van der Waals surface area contributed by atoms with E-state index in [9.17, 15) is 18.0 Å². The zero-order chi connectivity index (χ0) is 15.9. The maximum Gasteiger partial charge on any atom is 0.321 e. The van der Waals surface area contributed by atoms with E-state index in [-0.39, 0.29) is 11.7 Å². The number of methoxy groups -OCH3 is 2. The van der Waals surface area contributed by atoms with Gasteiger partial charge in [-0.2, -0.15) is 4.31 Å². The van der Waals surface area contributed by atoms with Gasteiger partial charge in [-0.25, -0.2) is 8.42 Å². The van der Waals surface area contributed by atoms with Crippen molar-refractivity contribution < 1.29 is 27.5 Å². The first-order chi connectivity index (χ1) is 9.89. The van der Waals surface area contributed by atoms with Crippen molar-refractivity contribution in [3.8, 4) is 0 Å². The first kappa shape index (κ1) is 17.9. The zero-order valence-electron chi connectivity index (χ0n) is 12.5. The van der Waals surface area contributed by atoms with Gasteiger partial charge in [0.1, 0.15) is 13.1 Å². The lowest BCUT2D eigenvalue weighted by atomic mass is 9.91. The highest BCUT2D eigenvalue weighted by Gasteiger charge is 2.30. The summed E-state index contributed by atoms with van der Waals surface area (Å²) in [6.45, 7) is -0.943. The fourth-order valence-corrected chi connectivity index (χ4v) is 4.17. The summed E-state index contributed by atoms with van der Waals surface area (Å²) in [5, 5.41) is 0. The van der Waals surface area contributed by atoms with E-state index in [2.05, 4.69) is 9.47 Å². The molecule has 122 valence electrons. The highest BCUT2D eigenvalue weighted by Crippen LogP contribution is 2.25. The molecule has 0 aliphatic heterocycles. The van der Waals surface area contributed by atoms with Gasteiger partial charge in [0.2, 0.25) is 10.0 Å². The first-order valence-electron chi connectivity index (χ1n) is 7.00. The molecule has 8 heteroatoms. The monoisotopic (exact) mass is 321 g/mol. The summed E-state index contributed by atoms with van der Waals surface area (Å²) in [5.41, 5.74) is 0. The maximum absolute atomic E-state index is 12.4. The number of sulfonamides is 1. The van der Waals surface area contributed by atoms with Gasteiger partial charge in [0.05, 0.1) is 20.0 Å². The molecule has 1 rings (SSSR count). The minimum atomic E-state index is -3.70. The van der Waals surface area contributed by atoms with Crippen molar-refractivity contribution in [1.82, 2.24) is 4.31 Å². The molecule has 0 aromatic carbocycles. The zero-order valence-corrected chi connectivity index (χ0v) is 13.4. The molecule has 0 radical (unpaired) electrons. The largest absolute Gasteiger partial charge is 0.468 e. The third-order valence-electron chi connectivity index (χ3n) is 3.63. The van der Waals surface area contributed by atoms with Gasteiger partial charge in [0, 0.05) is 0 Å². The van der Waals surface area contributed by atoms with Gasteiger partial charge in [0.15, 0.2) is 0 Å². The number of rotatable bonds is 7. The Morgan fingerprint density at radius 3 is 1.90 bits per heavy atom. The van der Waals surface area contributed by atoms with Crippen molar-refractivity contribution >= 4 is 22.0 Å². The van der Waals surface area contributed by atoms with E-state index in [1.165, 1.54) is 14.2 Å². The smallest absolute Gasteiger partial charge is 0.321 e. The molecule has 0 spiro atoms. The van der Waals surface area contributed by atoms with Gasteiger partial charge in [-0.3, -0.25) is 9.59 Å². The van der Waals surface area contributed by atoms with E-state index in [4.69, 9.17) is 0 Å².